The largest absolute Gasteiger partial charge is 0.324 e. The zero-order valence-corrected chi connectivity index (χ0v) is 15.7. The van der Waals surface area contributed by atoms with Gasteiger partial charge in [0.2, 0.25) is 11.8 Å². The van der Waals surface area contributed by atoms with Gasteiger partial charge in [0.1, 0.15) is 6.54 Å². The van der Waals surface area contributed by atoms with Crippen LogP contribution in [0.1, 0.15) is 25.0 Å². The molecule has 4 nitrogen and oxygen atoms in total. The summed E-state index contributed by atoms with van der Waals surface area (Å²) in [6.07, 6.45) is 0.833. The zero-order valence-electron chi connectivity index (χ0n) is 14.1. The number of rotatable bonds is 5. The molecule has 0 bridgehead atoms. The van der Waals surface area contributed by atoms with Gasteiger partial charge < -0.3 is 10.2 Å². The van der Waals surface area contributed by atoms with E-state index in [-0.39, 0.29) is 18.4 Å². The molecule has 1 N–H and O–H groups in total. The summed E-state index contributed by atoms with van der Waals surface area (Å²) in [6, 6.07) is 13.3. The normalized spacial score (nSPS) is 10.3. The standard InChI is InChI=1S/C19H21BrN2O2/c1-4-15-8-5-7-13(2)19(15)21-18(24)12-22(14(3)23)17-10-6-9-16(20)11-17/h5-11H,4,12H2,1-3H3,(H,21,24). The molecule has 0 aliphatic carbocycles. The number of hydrogen-bond donors (Lipinski definition) is 1. The first-order chi connectivity index (χ1) is 11.4. The molecule has 2 aromatic rings. The lowest BCUT2D eigenvalue weighted by Gasteiger charge is -2.22. The minimum atomic E-state index is -0.214. The summed E-state index contributed by atoms with van der Waals surface area (Å²) < 4.78 is 0.860. The summed E-state index contributed by atoms with van der Waals surface area (Å²) in [5.41, 5.74) is 3.62. The van der Waals surface area contributed by atoms with E-state index in [1.807, 2.05) is 56.3 Å². The number of anilines is 2. The van der Waals surface area contributed by atoms with Gasteiger partial charge in [0.15, 0.2) is 0 Å². The Hall–Kier alpha value is -2.14. The van der Waals surface area contributed by atoms with Crippen molar-refractivity contribution in [2.45, 2.75) is 27.2 Å². The maximum atomic E-state index is 12.5. The first kappa shape index (κ1) is 18.2. The first-order valence-electron chi connectivity index (χ1n) is 7.84. The van der Waals surface area contributed by atoms with Gasteiger partial charge in [-0.05, 0) is 42.7 Å². The Balaban J connectivity index is 2.19. The number of aryl methyl sites for hydroxylation is 2. The minimum Gasteiger partial charge on any atom is -0.324 e. The Morgan fingerprint density at radius 1 is 1.17 bits per heavy atom. The van der Waals surface area contributed by atoms with Crippen LogP contribution in [0.25, 0.3) is 0 Å². The van der Waals surface area contributed by atoms with Crippen LogP contribution in [0.5, 0.6) is 0 Å². The van der Waals surface area contributed by atoms with E-state index in [4.69, 9.17) is 0 Å². The van der Waals surface area contributed by atoms with Gasteiger partial charge in [-0.2, -0.15) is 0 Å². The average molecular weight is 389 g/mol. The number of carbonyl (C=O) groups excluding carboxylic acids is 2. The second-order valence-electron chi connectivity index (χ2n) is 5.60. The second kappa shape index (κ2) is 8.11. The lowest BCUT2D eigenvalue weighted by Crippen LogP contribution is -2.36. The summed E-state index contributed by atoms with van der Waals surface area (Å²) in [6.45, 7) is 5.45. The van der Waals surface area contributed by atoms with Gasteiger partial charge in [0.05, 0.1) is 0 Å². The van der Waals surface area contributed by atoms with Crippen LogP contribution in [0.2, 0.25) is 0 Å². The van der Waals surface area contributed by atoms with Crippen molar-refractivity contribution in [1.29, 1.82) is 0 Å². The smallest absolute Gasteiger partial charge is 0.244 e. The first-order valence-corrected chi connectivity index (χ1v) is 8.63. The third-order valence-electron chi connectivity index (χ3n) is 3.81. The topological polar surface area (TPSA) is 49.4 Å². The van der Waals surface area contributed by atoms with E-state index in [0.29, 0.717) is 5.69 Å². The lowest BCUT2D eigenvalue weighted by molar-refractivity contribution is -0.120. The molecule has 5 heteroatoms. The Kier molecular flexibility index (Phi) is 6.15. The van der Waals surface area contributed by atoms with E-state index in [1.54, 1.807) is 0 Å². The summed E-state index contributed by atoms with van der Waals surface area (Å²) in [5, 5.41) is 2.95. The Bertz CT molecular complexity index is 759. The third-order valence-corrected chi connectivity index (χ3v) is 4.30. The van der Waals surface area contributed by atoms with Crippen LogP contribution >= 0.6 is 15.9 Å². The van der Waals surface area contributed by atoms with Crippen molar-refractivity contribution in [2.24, 2.45) is 0 Å². The predicted molar refractivity (Wildman–Crippen MR) is 101 cm³/mol. The average Bonchev–Trinajstić information content (AvgIpc) is 2.54. The van der Waals surface area contributed by atoms with Gasteiger partial charge in [-0.1, -0.05) is 47.1 Å². The molecule has 0 fully saturated rings. The van der Waals surface area contributed by atoms with E-state index in [9.17, 15) is 9.59 Å². The van der Waals surface area contributed by atoms with Crippen molar-refractivity contribution < 1.29 is 9.59 Å². The molecule has 0 saturated heterocycles. The van der Waals surface area contributed by atoms with Crippen molar-refractivity contribution in [3.05, 3.63) is 58.1 Å². The monoisotopic (exact) mass is 388 g/mol. The molecular formula is C19H21BrN2O2. The van der Waals surface area contributed by atoms with Gasteiger partial charge in [-0.25, -0.2) is 0 Å². The molecule has 0 saturated carbocycles. The number of benzene rings is 2. The van der Waals surface area contributed by atoms with E-state index < -0.39 is 0 Å². The van der Waals surface area contributed by atoms with Crippen LogP contribution in [0.15, 0.2) is 46.9 Å². The fraction of sp³-hybridized carbons (Fsp3) is 0.263. The SMILES string of the molecule is CCc1cccc(C)c1NC(=O)CN(C(C)=O)c1cccc(Br)c1. The quantitative estimate of drug-likeness (QED) is 0.829. The van der Waals surface area contributed by atoms with Crippen molar-refractivity contribution >= 4 is 39.1 Å². The molecule has 126 valence electrons. The molecule has 0 aliphatic rings. The summed E-state index contributed by atoms with van der Waals surface area (Å²) in [7, 11) is 0. The zero-order chi connectivity index (χ0) is 17.7. The summed E-state index contributed by atoms with van der Waals surface area (Å²) in [5.74, 6) is -0.391. The maximum Gasteiger partial charge on any atom is 0.244 e. The molecule has 0 unspecified atom stereocenters. The third kappa shape index (κ3) is 4.45. The van der Waals surface area contributed by atoms with Crippen LogP contribution in [-0.2, 0) is 16.0 Å². The molecular weight excluding hydrogens is 368 g/mol. The number of nitrogens with zero attached hydrogens (tertiary/aromatic N) is 1. The minimum absolute atomic E-state index is 0.0245. The van der Waals surface area contributed by atoms with Crippen molar-refractivity contribution in [2.75, 3.05) is 16.8 Å². The number of halogens is 1. The number of hydrogen-bond acceptors (Lipinski definition) is 2. The fourth-order valence-corrected chi connectivity index (χ4v) is 2.94. The van der Waals surface area contributed by atoms with Gasteiger partial charge in [0, 0.05) is 22.8 Å². The van der Waals surface area contributed by atoms with E-state index in [1.165, 1.54) is 11.8 Å². The Labute approximate surface area is 151 Å². The molecule has 0 aliphatic heterocycles. The Morgan fingerprint density at radius 2 is 1.88 bits per heavy atom. The van der Waals surface area contributed by atoms with Gasteiger partial charge in [-0.3, -0.25) is 9.59 Å². The lowest BCUT2D eigenvalue weighted by atomic mass is 10.1. The highest BCUT2D eigenvalue weighted by Gasteiger charge is 2.17. The molecule has 0 radical (unpaired) electrons. The molecule has 2 aromatic carbocycles. The molecule has 0 aromatic heterocycles. The predicted octanol–water partition coefficient (Wildman–Crippen LogP) is 4.31. The summed E-state index contributed by atoms with van der Waals surface area (Å²) in [4.78, 5) is 25.9. The summed E-state index contributed by atoms with van der Waals surface area (Å²) >= 11 is 3.39. The molecule has 2 amide bonds. The van der Waals surface area contributed by atoms with Gasteiger partial charge >= 0.3 is 0 Å². The van der Waals surface area contributed by atoms with Crippen LogP contribution < -0.4 is 10.2 Å². The van der Waals surface area contributed by atoms with Crippen LogP contribution in [-0.4, -0.2) is 18.4 Å². The molecule has 0 spiro atoms. The molecule has 24 heavy (non-hydrogen) atoms. The second-order valence-corrected chi connectivity index (χ2v) is 6.51. The van der Waals surface area contributed by atoms with Crippen LogP contribution in [0.4, 0.5) is 11.4 Å². The number of para-hydroxylation sites is 1. The van der Waals surface area contributed by atoms with Crippen LogP contribution in [0, 0.1) is 6.92 Å². The van der Waals surface area contributed by atoms with E-state index in [0.717, 1.165) is 27.7 Å². The van der Waals surface area contributed by atoms with E-state index >= 15 is 0 Å². The van der Waals surface area contributed by atoms with Crippen molar-refractivity contribution in [3.63, 3.8) is 0 Å². The van der Waals surface area contributed by atoms with Crippen molar-refractivity contribution in [1.82, 2.24) is 0 Å². The molecule has 2 rings (SSSR count). The highest BCUT2D eigenvalue weighted by atomic mass is 79.9. The van der Waals surface area contributed by atoms with Gasteiger partial charge in [0.25, 0.3) is 0 Å². The van der Waals surface area contributed by atoms with E-state index in [2.05, 4.69) is 21.2 Å². The fourth-order valence-electron chi connectivity index (χ4n) is 2.55. The van der Waals surface area contributed by atoms with Crippen molar-refractivity contribution in [3.8, 4) is 0 Å². The molecule has 0 heterocycles. The highest BCUT2D eigenvalue weighted by molar-refractivity contribution is 9.10. The van der Waals surface area contributed by atoms with Gasteiger partial charge in [-0.15, -0.1) is 0 Å². The number of carbonyl (C=O) groups is 2. The highest BCUT2D eigenvalue weighted by Crippen LogP contribution is 2.22. The maximum absolute atomic E-state index is 12.5. The number of nitrogens with one attached hydrogen (secondary N) is 1. The molecule has 0 atom stereocenters. The number of amides is 2. The van der Waals surface area contributed by atoms with Crippen LogP contribution in [0.3, 0.4) is 0 Å². The Morgan fingerprint density at radius 3 is 2.50 bits per heavy atom.